The van der Waals surface area contributed by atoms with Crippen LogP contribution in [-0.4, -0.2) is 4.98 Å². The second kappa shape index (κ2) is 6.28. The molecule has 0 saturated heterocycles. The number of rotatable bonds is 0. The van der Waals surface area contributed by atoms with Gasteiger partial charge in [-0.05, 0) is 97.8 Å². The molecule has 2 nitrogen and oxygen atoms in total. The molecule has 2 heteroatoms. The molecule has 2 aliphatic heterocycles. The summed E-state index contributed by atoms with van der Waals surface area (Å²) >= 11 is 0. The fraction of sp³-hybridized carbons (Fsp3) is 0.121. The summed E-state index contributed by atoms with van der Waals surface area (Å²) in [4.78, 5) is 7.32. The molecule has 0 bridgehead atoms. The Morgan fingerprint density at radius 2 is 1.23 bits per heavy atom. The van der Waals surface area contributed by atoms with E-state index in [1.165, 1.54) is 67.0 Å². The van der Waals surface area contributed by atoms with Crippen LogP contribution in [0.3, 0.4) is 0 Å². The van der Waals surface area contributed by atoms with Crippen molar-refractivity contribution in [2.45, 2.75) is 25.7 Å². The lowest BCUT2D eigenvalue weighted by atomic mass is 9.83. The van der Waals surface area contributed by atoms with Crippen molar-refractivity contribution >= 4 is 17.2 Å². The highest BCUT2D eigenvalue weighted by atomic mass is 15.2. The van der Waals surface area contributed by atoms with E-state index in [0.717, 1.165) is 31.5 Å². The van der Waals surface area contributed by atoms with Gasteiger partial charge in [-0.2, -0.15) is 0 Å². The first-order valence-electron chi connectivity index (χ1n) is 12.6. The first-order chi connectivity index (χ1) is 17.3. The Balaban J connectivity index is 1.30. The first kappa shape index (κ1) is 18.2. The Hall–Kier alpha value is -4.17. The lowest BCUT2D eigenvalue weighted by molar-refractivity contribution is 0.966. The second-order valence-electron chi connectivity index (χ2n) is 10.3. The van der Waals surface area contributed by atoms with Crippen LogP contribution in [0.5, 0.6) is 0 Å². The summed E-state index contributed by atoms with van der Waals surface area (Å²) in [7, 11) is 0. The van der Waals surface area contributed by atoms with Gasteiger partial charge >= 0.3 is 0 Å². The fourth-order valence-corrected chi connectivity index (χ4v) is 7.17. The zero-order chi connectivity index (χ0) is 22.7. The number of pyridine rings is 1. The summed E-state index contributed by atoms with van der Waals surface area (Å²) in [6.07, 6.45) is 5.97. The Labute approximate surface area is 204 Å². The van der Waals surface area contributed by atoms with Gasteiger partial charge in [-0.1, -0.05) is 60.7 Å². The highest BCUT2D eigenvalue weighted by molar-refractivity contribution is 5.94. The van der Waals surface area contributed by atoms with Gasteiger partial charge in [0.2, 0.25) is 0 Å². The lowest BCUT2D eigenvalue weighted by Gasteiger charge is -2.39. The summed E-state index contributed by atoms with van der Waals surface area (Å²) in [5.41, 5.74) is 20.2. The summed E-state index contributed by atoms with van der Waals surface area (Å²) in [6.45, 7) is 0. The zero-order valence-electron chi connectivity index (χ0n) is 19.3. The molecule has 9 rings (SSSR count). The minimum atomic E-state index is 0.962. The third kappa shape index (κ3) is 2.23. The Morgan fingerprint density at radius 1 is 0.514 bits per heavy atom. The Bertz CT molecular complexity index is 1750. The van der Waals surface area contributed by atoms with Gasteiger partial charge in [-0.3, -0.25) is 4.90 Å². The van der Waals surface area contributed by atoms with Gasteiger partial charge in [-0.25, -0.2) is 4.98 Å². The minimum Gasteiger partial charge on any atom is -0.294 e. The van der Waals surface area contributed by atoms with E-state index in [1.54, 1.807) is 11.1 Å². The average molecular weight is 447 g/mol. The van der Waals surface area contributed by atoms with Crippen LogP contribution in [0.4, 0.5) is 17.2 Å². The van der Waals surface area contributed by atoms with Crippen LogP contribution >= 0.6 is 0 Å². The number of hydrogen-bond donors (Lipinski definition) is 0. The molecule has 0 N–H and O–H groups in total. The van der Waals surface area contributed by atoms with Crippen molar-refractivity contribution in [3.05, 3.63) is 130 Å². The maximum atomic E-state index is 4.87. The predicted octanol–water partition coefficient (Wildman–Crippen LogP) is 7.50. The van der Waals surface area contributed by atoms with E-state index in [0.29, 0.717) is 0 Å². The van der Waals surface area contributed by atoms with Gasteiger partial charge in [-0.15, -0.1) is 0 Å². The minimum absolute atomic E-state index is 0.962. The molecule has 4 aliphatic rings. The Morgan fingerprint density at radius 3 is 2.17 bits per heavy atom. The number of para-hydroxylation sites is 1. The van der Waals surface area contributed by atoms with Crippen LogP contribution in [-0.2, 0) is 25.7 Å². The standard InChI is InChI=1S/C33H22N2/c1-3-9-23-19(6-1)15-26-24(23)11-12-25-27-17-22-14-20-7-2-4-10-31(20)35-32(22)30(29(27)18-28(25)26)16-21-8-5-13-34-33(21)35/h1-13,17H,14-16,18H2. The summed E-state index contributed by atoms with van der Waals surface area (Å²) in [6, 6.07) is 29.4. The summed E-state index contributed by atoms with van der Waals surface area (Å²) in [5.74, 6) is 1.10. The van der Waals surface area contributed by atoms with Crippen molar-refractivity contribution in [2.75, 3.05) is 4.90 Å². The number of anilines is 3. The molecule has 5 aromatic rings. The highest BCUT2D eigenvalue weighted by Gasteiger charge is 2.37. The molecule has 0 spiro atoms. The van der Waals surface area contributed by atoms with E-state index >= 15 is 0 Å². The number of hydrogen-bond acceptors (Lipinski definition) is 2. The van der Waals surface area contributed by atoms with Gasteiger partial charge in [0.05, 0.1) is 11.4 Å². The van der Waals surface area contributed by atoms with Crippen LogP contribution in [0.1, 0.15) is 44.5 Å². The van der Waals surface area contributed by atoms with Gasteiger partial charge < -0.3 is 0 Å². The number of benzene rings is 4. The predicted molar refractivity (Wildman–Crippen MR) is 141 cm³/mol. The molecule has 164 valence electrons. The van der Waals surface area contributed by atoms with Crippen molar-refractivity contribution < 1.29 is 0 Å². The van der Waals surface area contributed by atoms with Gasteiger partial charge in [0.15, 0.2) is 0 Å². The van der Waals surface area contributed by atoms with Crippen LogP contribution < -0.4 is 4.90 Å². The smallest absolute Gasteiger partial charge is 0.141 e. The molecule has 0 atom stereocenters. The molecule has 2 aliphatic carbocycles. The number of fused-ring (bicyclic) bond motifs is 12. The van der Waals surface area contributed by atoms with Crippen LogP contribution in [0.25, 0.3) is 22.3 Å². The number of aromatic nitrogens is 1. The normalized spacial score (nSPS) is 14.9. The molecule has 3 heterocycles. The van der Waals surface area contributed by atoms with E-state index < -0.39 is 0 Å². The molecule has 0 fully saturated rings. The maximum absolute atomic E-state index is 4.87. The van der Waals surface area contributed by atoms with Gasteiger partial charge in [0.1, 0.15) is 5.82 Å². The van der Waals surface area contributed by atoms with Crippen molar-refractivity contribution in [3.63, 3.8) is 0 Å². The van der Waals surface area contributed by atoms with E-state index in [-0.39, 0.29) is 0 Å². The SMILES string of the molecule is c1ccc2c(c1)Cc1c-2ccc2c1Cc1c-2cc2c3c1Cc1cccnc1N3c1ccccc1C2. The van der Waals surface area contributed by atoms with E-state index in [2.05, 4.69) is 83.8 Å². The van der Waals surface area contributed by atoms with E-state index in [1.807, 2.05) is 6.20 Å². The maximum Gasteiger partial charge on any atom is 0.141 e. The molecule has 0 amide bonds. The quantitative estimate of drug-likeness (QED) is 0.240. The summed E-state index contributed by atoms with van der Waals surface area (Å²) in [5, 5.41) is 0. The third-order valence-electron chi connectivity index (χ3n) is 8.63. The molecule has 35 heavy (non-hydrogen) atoms. The molecule has 0 radical (unpaired) electrons. The van der Waals surface area contributed by atoms with E-state index in [4.69, 9.17) is 4.98 Å². The molecular formula is C33H22N2. The molecule has 0 saturated carbocycles. The molecule has 4 aromatic carbocycles. The van der Waals surface area contributed by atoms with Crippen LogP contribution in [0.15, 0.2) is 85.1 Å². The molecule has 1 aromatic heterocycles. The highest BCUT2D eigenvalue weighted by Crippen LogP contribution is 2.55. The largest absolute Gasteiger partial charge is 0.294 e. The van der Waals surface area contributed by atoms with E-state index in [9.17, 15) is 0 Å². The first-order valence-corrected chi connectivity index (χ1v) is 12.6. The number of nitrogens with zero attached hydrogens (tertiary/aromatic N) is 2. The van der Waals surface area contributed by atoms with Crippen LogP contribution in [0.2, 0.25) is 0 Å². The third-order valence-corrected chi connectivity index (χ3v) is 8.63. The Kier molecular flexibility index (Phi) is 3.27. The van der Waals surface area contributed by atoms with Crippen molar-refractivity contribution in [1.29, 1.82) is 0 Å². The topological polar surface area (TPSA) is 16.1 Å². The van der Waals surface area contributed by atoms with Crippen LogP contribution in [0, 0.1) is 0 Å². The van der Waals surface area contributed by atoms with Crippen molar-refractivity contribution in [2.24, 2.45) is 0 Å². The van der Waals surface area contributed by atoms with Crippen molar-refractivity contribution in [1.82, 2.24) is 4.98 Å². The monoisotopic (exact) mass is 446 g/mol. The van der Waals surface area contributed by atoms with Gasteiger partial charge in [0, 0.05) is 19.0 Å². The molecule has 0 unspecified atom stereocenters. The fourth-order valence-electron chi connectivity index (χ4n) is 7.17. The molecular weight excluding hydrogens is 424 g/mol. The zero-order valence-corrected chi connectivity index (χ0v) is 19.3. The van der Waals surface area contributed by atoms with Gasteiger partial charge in [0.25, 0.3) is 0 Å². The van der Waals surface area contributed by atoms with Crippen molar-refractivity contribution in [3.8, 4) is 22.3 Å². The average Bonchev–Trinajstić information content (AvgIpc) is 3.47. The summed E-state index contributed by atoms with van der Waals surface area (Å²) < 4.78 is 0. The second-order valence-corrected chi connectivity index (χ2v) is 10.3. The lowest BCUT2D eigenvalue weighted by Crippen LogP contribution is -2.26.